The Bertz CT molecular complexity index is 1030. The van der Waals surface area contributed by atoms with Gasteiger partial charge in [0.05, 0.1) is 24.1 Å². The van der Waals surface area contributed by atoms with E-state index in [1.54, 1.807) is 24.3 Å². The molecule has 146 valence electrons. The largest absolute Gasteiger partial charge is 0.496 e. The lowest BCUT2D eigenvalue weighted by Gasteiger charge is -2.08. The summed E-state index contributed by atoms with van der Waals surface area (Å²) in [5.74, 6) is 1.52. The van der Waals surface area contributed by atoms with Gasteiger partial charge >= 0.3 is 0 Å². The van der Waals surface area contributed by atoms with Crippen LogP contribution in [0.5, 0.6) is 5.75 Å². The van der Waals surface area contributed by atoms with E-state index in [1.165, 1.54) is 11.8 Å². The molecule has 0 atom stereocenters. The number of ether oxygens (including phenoxy) is 1. The first-order chi connectivity index (χ1) is 13.4. The number of nitrogens with zero attached hydrogens (tertiary/aromatic N) is 3. The summed E-state index contributed by atoms with van der Waals surface area (Å²) in [6.45, 7) is 0. The molecule has 0 unspecified atom stereocenters. The van der Waals surface area contributed by atoms with Gasteiger partial charge in [-0.3, -0.25) is 4.79 Å². The number of thioether (sulfide) groups is 1. The minimum atomic E-state index is -1.66. The Labute approximate surface area is 161 Å². The number of hydrogen-bond acceptors (Lipinski definition) is 6. The molecule has 0 saturated carbocycles. The molecular formula is C17H14F3N5O2S. The number of aromatic nitrogens is 3. The topological polar surface area (TPSA) is 95.1 Å². The second-order valence-electron chi connectivity index (χ2n) is 5.44. The Balaban J connectivity index is 1.70. The van der Waals surface area contributed by atoms with E-state index in [4.69, 9.17) is 10.6 Å². The Morgan fingerprint density at radius 1 is 1.18 bits per heavy atom. The van der Waals surface area contributed by atoms with Gasteiger partial charge < -0.3 is 15.9 Å². The Hall–Kier alpha value is -3.21. The van der Waals surface area contributed by atoms with Crippen molar-refractivity contribution < 1.29 is 22.7 Å². The minimum Gasteiger partial charge on any atom is -0.496 e. The van der Waals surface area contributed by atoms with Crippen molar-refractivity contribution in [2.24, 2.45) is 0 Å². The summed E-state index contributed by atoms with van der Waals surface area (Å²) in [6.07, 6.45) is 0. The third-order valence-electron chi connectivity index (χ3n) is 3.65. The SMILES string of the molecule is COc1ccccc1-c1nnc(SCC(=O)Nc2ccc(F)c(F)c2F)n1N. The number of hydrogen-bond donors (Lipinski definition) is 2. The second kappa shape index (κ2) is 8.21. The standard InChI is InChI=1S/C17H14F3N5O2S/c1-27-12-5-3-2-4-9(12)16-23-24-17(25(16)21)28-8-13(26)22-11-7-6-10(18)14(19)15(11)20/h2-7H,8,21H2,1H3,(H,22,26). The van der Waals surface area contributed by atoms with Crippen LogP contribution >= 0.6 is 11.8 Å². The zero-order valence-corrected chi connectivity index (χ0v) is 15.3. The van der Waals surface area contributed by atoms with Crippen LogP contribution < -0.4 is 15.9 Å². The molecule has 0 bridgehead atoms. The van der Waals surface area contributed by atoms with Crippen molar-refractivity contribution >= 4 is 23.4 Å². The summed E-state index contributed by atoms with van der Waals surface area (Å²) in [5.41, 5.74) is 0.147. The van der Waals surface area contributed by atoms with E-state index in [0.29, 0.717) is 17.1 Å². The molecule has 1 aromatic heterocycles. The number of halogens is 3. The number of anilines is 1. The molecule has 0 aliphatic heterocycles. The van der Waals surface area contributed by atoms with Crippen molar-refractivity contribution in [3.05, 3.63) is 53.8 Å². The first-order valence-electron chi connectivity index (χ1n) is 7.82. The van der Waals surface area contributed by atoms with Crippen molar-refractivity contribution in [3.63, 3.8) is 0 Å². The normalized spacial score (nSPS) is 10.7. The lowest BCUT2D eigenvalue weighted by Crippen LogP contribution is -2.17. The van der Waals surface area contributed by atoms with Crippen LogP contribution in [0, 0.1) is 17.5 Å². The predicted molar refractivity (Wildman–Crippen MR) is 97.8 cm³/mol. The number of carbonyl (C=O) groups excluding carboxylic acids is 1. The Kier molecular flexibility index (Phi) is 5.73. The molecule has 2 aromatic carbocycles. The molecule has 3 N–H and O–H groups in total. The van der Waals surface area contributed by atoms with E-state index >= 15 is 0 Å². The van der Waals surface area contributed by atoms with Crippen LogP contribution in [0.1, 0.15) is 0 Å². The summed E-state index contributed by atoms with van der Waals surface area (Å²) >= 11 is 0.938. The number of amides is 1. The van der Waals surface area contributed by atoms with E-state index in [-0.39, 0.29) is 10.9 Å². The molecule has 0 radical (unpaired) electrons. The van der Waals surface area contributed by atoms with Crippen LogP contribution in [-0.4, -0.2) is 33.6 Å². The molecule has 1 amide bonds. The smallest absolute Gasteiger partial charge is 0.234 e. The van der Waals surface area contributed by atoms with Gasteiger partial charge in [-0.05, 0) is 24.3 Å². The molecule has 0 aliphatic rings. The molecule has 28 heavy (non-hydrogen) atoms. The molecule has 0 saturated heterocycles. The monoisotopic (exact) mass is 409 g/mol. The van der Waals surface area contributed by atoms with Crippen LogP contribution in [0.3, 0.4) is 0 Å². The lowest BCUT2D eigenvalue weighted by molar-refractivity contribution is -0.113. The first-order valence-corrected chi connectivity index (χ1v) is 8.81. The third-order valence-corrected chi connectivity index (χ3v) is 4.60. The maximum atomic E-state index is 13.6. The van der Waals surface area contributed by atoms with Crippen molar-refractivity contribution in [1.82, 2.24) is 14.9 Å². The Morgan fingerprint density at radius 3 is 2.68 bits per heavy atom. The second-order valence-corrected chi connectivity index (χ2v) is 6.38. The van der Waals surface area contributed by atoms with Crippen LogP contribution in [0.15, 0.2) is 41.6 Å². The highest BCUT2D eigenvalue weighted by Gasteiger charge is 2.18. The van der Waals surface area contributed by atoms with Gasteiger partial charge in [-0.25, -0.2) is 17.8 Å². The fourth-order valence-corrected chi connectivity index (χ4v) is 2.98. The number of nitrogen functional groups attached to an aromatic ring is 1. The Morgan fingerprint density at radius 2 is 1.93 bits per heavy atom. The number of methoxy groups -OCH3 is 1. The summed E-state index contributed by atoms with van der Waals surface area (Å²) < 4.78 is 46.2. The average molecular weight is 409 g/mol. The summed E-state index contributed by atoms with van der Waals surface area (Å²) in [5, 5.41) is 10.3. The van der Waals surface area contributed by atoms with Gasteiger partial charge in [0.1, 0.15) is 5.75 Å². The molecule has 3 aromatic rings. The third kappa shape index (κ3) is 3.88. The van der Waals surface area contributed by atoms with Gasteiger partial charge in [-0.1, -0.05) is 23.9 Å². The van der Waals surface area contributed by atoms with E-state index in [1.807, 2.05) is 0 Å². The highest BCUT2D eigenvalue weighted by Crippen LogP contribution is 2.29. The van der Waals surface area contributed by atoms with Crippen LogP contribution in [0.2, 0.25) is 0 Å². The van der Waals surface area contributed by atoms with Crippen LogP contribution in [0.25, 0.3) is 11.4 Å². The van der Waals surface area contributed by atoms with Gasteiger partial charge in [0.15, 0.2) is 23.3 Å². The van der Waals surface area contributed by atoms with Gasteiger partial charge in [0.2, 0.25) is 11.1 Å². The van der Waals surface area contributed by atoms with Crippen molar-refractivity contribution in [3.8, 4) is 17.1 Å². The molecular weight excluding hydrogens is 395 g/mol. The predicted octanol–water partition coefficient (Wildman–Crippen LogP) is 2.82. The lowest BCUT2D eigenvalue weighted by atomic mass is 10.2. The van der Waals surface area contributed by atoms with Crippen molar-refractivity contribution in [2.75, 3.05) is 24.0 Å². The summed E-state index contributed by atoms with van der Waals surface area (Å²) in [7, 11) is 1.51. The van der Waals surface area contributed by atoms with Crippen LogP contribution in [0.4, 0.5) is 18.9 Å². The zero-order chi connectivity index (χ0) is 20.3. The number of benzene rings is 2. The number of carbonyl (C=O) groups is 1. The molecule has 0 aliphatic carbocycles. The van der Waals surface area contributed by atoms with Gasteiger partial charge in [0.25, 0.3) is 0 Å². The number of para-hydroxylation sites is 1. The van der Waals surface area contributed by atoms with Crippen molar-refractivity contribution in [1.29, 1.82) is 0 Å². The fourth-order valence-electron chi connectivity index (χ4n) is 2.33. The quantitative estimate of drug-likeness (QED) is 0.369. The first kappa shape index (κ1) is 19.5. The van der Waals surface area contributed by atoms with E-state index in [2.05, 4.69) is 15.5 Å². The highest BCUT2D eigenvalue weighted by molar-refractivity contribution is 7.99. The number of rotatable bonds is 6. The molecule has 0 spiro atoms. The van der Waals surface area contributed by atoms with Gasteiger partial charge in [-0.2, -0.15) is 0 Å². The number of nitrogens with one attached hydrogen (secondary N) is 1. The van der Waals surface area contributed by atoms with Crippen molar-refractivity contribution in [2.45, 2.75) is 5.16 Å². The average Bonchev–Trinajstić information content (AvgIpc) is 3.07. The van der Waals surface area contributed by atoms with E-state index in [0.717, 1.165) is 23.9 Å². The molecule has 7 nitrogen and oxygen atoms in total. The van der Waals surface area contributed by atoms with Gasteiger partial charge in [-0.15, -0.1) is 10.2 Å². The molecule has 0 fully saturated rings. The molecule has 1 heterocycles. The molecule has 11 heteroatoms. The maximum Gasteiger partial charge on any atom is 0.234 e. The summed E-state index contributed by atoms with van der Waals surface area (Å²) in [6, 6.07) is 8.71. The highest BCUT2D eigenvalue weighted by atomic mass is 32.2. The van der Waals surface area contributed by atoms with Crippen LogP contribution in [-0.2, 0) is 4.79 Å². The fraction of sp³-hybridized carbons (Fsp3) is 0.118. The number of nitrogens with two attached hydrogens (primary N) is 1. The van der Waals surface area contributed by atoms with Gasteiger partial charge in [0, 0.05) is 0 Å². The zero-order valence-electron chi connectivity index (χ0n) is 14.4. The molecule has 3 rings (SSSR count). The summed E-state index contributed by atoms with van der Waals surface area (Å²) in [4.78, 5) is 12.0. The van der Waals surface area contributed by atoms with E-state index < -0.39 is 29.0 Å². The van der Waals surface area contributed by atoms with E-state index in [9.17, 15) is 18.0 Å². The maximum absolute atomic E-state index is 13.6. The minimum absolute atomic E-state index is 0.209.